The lowest BCUT2D eigenvalue weighted by Gasteiger charge is -2.56. The molecule has 27 heavy (non-hydrogen) atoms. The molecular formula is C22H30N2O3. The molecule has 0 aliphatic heterocycles. The Morgan fingerprint density at radius 2 is 1.63 bits per heavy atom. The normalized spacial score (nSPS) is 30.8. The summed E-state index contributed by atoms with van der Waals surface area (Å²) in [5.41, 5.74) is 2.16. The predicted molar refractivity (Wildman–Crippen MR) is 103 cm³/mol. The molecular weight excluding hydrogens is 340 g/mol. The molecule has 4 aliphatic carbocycles. The van der Waals surface area contributed by atoms with Crippen molar-refractivity contribution in [3.8, 4) is 0 Å². The van der Waals surface area contributed by atoms with Crippen molar-refractivity contribution in [3.05, 3.63) is 35.4 Å². The van der Waals surface area contributed by atoms with Gasteiger partial charge in [0.2, 0.25) is 0 Å². The summed E-state index contributed by atoms with van der Waals surface area (Å²) >= 11 is 0. The number of nitrogens with one attached hydrogen (secondary N) is 2. The second-order valence-corrected chi connectivity index (χ2v) is 8.98. The molecule has 2 N–H and O–H groups in total. The van der Waals surface area contributed by atoms with Crippen LogP contribution in [0.4, 0.5) is 4.79 Å². The summed E-state index contributed by atoms with van der Waals surface area (Å²) in [6.07, 6.45) is 7.65. The van der Waals surface area contributed by atoms with Crippen LogP contribution in [0, 0.1) is 24.7 Å². The summed E-state index contributed by atoms with van der Waals surface area (Å²) in [4.78, 5) is 24.2. The van der Waals surface area contributed by atoms with Crippen LogP contribution in [-0.2, 0) is 16.1 Å². The molecule has 5 rings (SSSR count). The summed E-state index contributed by atoms with van der Waals surface area (Å²) < 4.78 is 5.27. The molecule has 0 heterocycles. The Balaban J connectivity index is 1.16. The fourth-order valence-corrected chi connectivity index (χ4v) is 5.75. The standard InChI is InChI=1S/C22H30N2O3/c1-15-2-4-16(5-3-15)14-27-20(25)6-7-23-21(26)24-22-11-17-8-18(12-22)10-19(9-17)13-22/h2-5,17-19H,6-14H2,1H3,(H2,23,24,26). The molecule has 1 aromatic rings. The maximum absolute atomic E-state index is 12.3. The smallest absolute Gasteiger partial charge is 0.315 e. The average Bonchev–Trinajstić information content (AvgIpc) is 2.59. The maximum atomic E-state index is 12.3. The zero-order chi connectivity index (χ0) is 18.9. The summed E-state index contributed by atoms with van der Waals surface area (Å²) in [6.45, 7) is 2.61. The minimum atomic E-state index is -0.286. The molecule has 0 spiro atoms. The fraction of sp³-hybridized carbons (Fsp3) is 0.636. The molecule has 5 heteroatoms. The summed E-state index contributed by atoms with van der Waals surface area (Å²) in [6, 6.07) is 7.78. The molecule has 4 aliphatic rings. The van der Waals surface area contributed by atoms with E-state index in [1.165, 1.54) is 24.8 Å². The molecule has 5 nitrogen and oxygen atoms in total. The van der Waals surface area contributed by atoms with Gasteiger partial charge in [-0.25, -0.2) is 4.79 Å². The molecule has 2 amide bonds. The zero-order valence-electron chi connectivity index (χ0n) is 16.1. The van der Waals surface area contributed by atoms with E-state index in [1.54, 1.807) is 0 Å². The lowest BCUT2D eigenvalue weighted by molar-refractivity contribution is -0.144. The SMILES string of the molecule is Cc1ccc(COC(=O)CCNC(=O)NC23CC4CC(CC(C4)C2)C3)cc1. The van der Waals surface area contributed by atoms with Gasteiger partial charge in [-0.2, -0.15) is 0 Å². The van der Waals surface area contributed by atoms with Gasteiger partial charge in [-0.1, -0.05) is 29.8 Å². The quantitative estimate of drug-likeness (QED) is 0.751. The van der Waals surface area contributed by atoms with Gasteiger partial charge in [0.25, 0.3) is 0 Å². The number of amides is 2. The van der Waals surface area contributed by atoms with Gasteiger partial charge in [0.15, 0.2) is 0 Å². The Bertz CT molecular complexity index is 663. The monoisotopic (exact) mass is 370 g/mol. The van der Waals surface area contributed by atoms with Crippen LogP contribution in [0.2, 0.25) is 0 Å². The third-order valence-electron chi connectivity index (χ3n) is 6.55. The van der Waals surface area contributed by atoms with Crippen LogP contribution in [0.5, 0.6) is 0 Å². The topological polar surface area (TPSA) is 67.4 Å². The number of carbonyl (C=O) groups excluding carboxylic acids is 2. The third kappa shape index (κ3) is 4.45. The Kier molecular flexibility index (Phi) is 5.11. The predicted octanol–water partition coefficient (Wildman–Crippen LogP) is 3.70. The molecule has 0 aromatic heterocycles. The van der Waals surface area contributed by atoms with Gasteiger partial charge in [-0.3, -0.25) is 4.79 Å². The van der Waals surface area contributed by atoms with Crippen molar-refractivity contribution in [2.45, 2.75) is 64.0 Å². The van der Waals surface area contributed by atoms with Gasteiger partial charge in [0.1, 0.15) is 6.61 Å². The van der Waals surface area contributed by atoms with Crippen LogP contribution < -0.4 is 10.6 Å². The highest BCUT2D eigenvalue weighted by atomic mass is 16.5. The first kappa shape index (κ1) is 18.3. The van der Waals surface area contributed by atoms with Crippen LogP contribution in [0.15, 0.2) is 24.3 Å². The second kappa shape index (κ2) is 7.53. The molecule has 0 saturated heterocycles. The number of hydrogen-bond donors (Lipinski definition) is 2. The Hall–Kier alpha value is -2.04. The largest absolute Gasteiger partial charge is 0.461 e. The number of urea groups is 1. The minimum absolute atomic E-state index is 0.00474. The van der Waals surface area contributed by atoms with Crippen LogP contribution in [-0.4, -0.2) is 24.1 Å². The van der Waals surface area contributed by atoms with E-state index in [0.29, 0.717) is 6.54 Å². The molecule has 0 atom stereocenters. The molecule has 0 radical (unpaired) electrons. The number of carbonyl (C=O) groups is 2. The number of rotatable bonds is 6. The van der Waals surface area contributed by atoms with Gasteiger partial charge in [0.05, 0.1) is 6.42 Å². The van der Waals surface area contributed by atoms with E-state index in [0.717, 1.165) is 42.6 Å². The van der Waals surface area contributed by atoms with Crippen molar-refractivity contribution in [1.82, 2.24) is 10.6 Å². The summed E-state index contributed by atoms with van der Waals surface area (Å²) in [7, 11) is 0. The van der Waals surface area contributed by atoms with Crippen molar-refractivity contribution < 1.29 is 14.3 Å². The number of esters is 1. The molecule has 0 unspecified atom stereocenters. The number of aryl methyl sites for hydroxylation is 1. The lowest BCUT2D eigenvalue weighted by Crippen LogP contribution is -2.61. The first-order chi connectivity index (χ1) is 13.0. The zero-order valence-corrected chi connectivity index (χ0v) is 16.1. The molecule has 4 saturated carbocycles. The molecule has 1 aromatic carbocycles. The number of hydrogen-bond acceptors (Lipinski definition) is 3. The van der Waals surface area contributed by atoms with Gasteiger partial charge < -0.3 is 15.4 Å². The number of ether oxygens (including phenoxy) is 1. The molecule has 4 bridgehead atoms. The van der Waals surface area contributed by atoms with E-state index in [1.807, 2.05) is 31.2 Å². The van der Waals surface area contributed by atoms with E-state index in [-0.39, 0.29) is 30.6 Å². The highest BCUT2D eigenvalue weighted by Gasteiger charge is 2.51. The van der Waals surface area contributed by atoms with E-state index in [2.05, 4.69) is 10.6 Å². The van der Waals surface area contributed by atoms with E-state index in [9.17, 15) is 9.59 Å². The van der Waals surface area contributed by atoms with Gasteiger partial charge in [-0.05, 0) is 68.8 Å². The first-order valence-corrected chi connectivity index (χ1v) is 10.3. The molecule has 4 fully saturated rings. The highest BCUT2D eigenvalue weighted by Crippen LogP contribution is 2.55. The number of benzene rings is 1. The van der Waals surface area contributed by atoms with Crippen molar-refractivity contribution in [3.63, 3.8) is 0 Å². The van der Waals surface area contributed by atoms with Crippen LogP contribution in [0.3, 0.4) is 0 Å². The third-order valence-corrected chi connectivity index (χ3v) is 6.55. The lowest BCUT2D eigenvalue weighted by atomic mass is 9.53. The Morgan fingerprint density at radius 1 is 1.04 bits per heavy atom. The Labute approximate surface area is 161 Å². The van der Waals surface area contributed by atoms with Crippen molar-refractivity contribution in [1.29, 1.82) is 0 Å². The first-order valence-electron chi connectivity index (χ1n) is 10.3. The van der Waals surface area contributed by atoms with Gasteiger partial charge >= 0.3 is 12.0 Å². The van der Waals surface area contributed by atoms with E-state index in [4.69, 9.17) is 4.74 Å². The van der Waals surface area contributed by atoms with Crippen molar-refractivity contribution >= 4 is 12.0 Å². The van der Waals surface area contributed by atoms with Crippen LogP contribution in [0.1, 0.15) is 56.1 Å². The average molecular weight is 370 g/mol. The highest BCUT2D eigenvalue weighted by molar-refractivity contribution is 5.76. The van der Waals surface area contributed by atoms with E-state index < -0.39 is 0 Å². The van der Waals surface area contributed by atoms with Gasteiger partial charge in [-0.15, -0.1) is 0 Å². The van der Waals surface area contributed by atoms with E-state index >= 15 is 0 Å². The van der Waals surface area contributed by atoms with Crippen molar-refractivity contribution in [2.24, 2.45) is 17.8 Å². The van der Waals surface area contributed by atoms with Crippen LogP contribution >= 0.6 is 0 Å². The second-order valence-electron chi connectivity index (χ2n) is 8.98. The summed E-state index contributed by atoms with van der Waals surface area (Å²) in [5.74, 6) is 2.11. The fourth-order valence-electron chi connectivity index (χ4n) is 5.75. The molecule has 146 valence electrons. The van der Waals surface area contributed by atoms with Gasteiger partial charge in [0, 0.05) is 12.1 Å². The Morgan fingerprint density at radius 3 is 2.22 bits per heavy atom. The maximum Gasteiger partial charge on any atom is 0.315 e. The van der Waals surface area contributed by atoms with Crippen molar-refractivity contribution in [2.75, 3.05) is 6.54 Å². The summed E-state index contributed by atoms with van der Waals surface area (Å²) in [5, 5.41) is 6.10. The van der Waals surface area contributed by atoms with Crippen LogP contribution in [0.25, 0.3) is 0 Å². The minimum Gasteiger partial charge on any atom is -0.461 e.